The number of halogens is 3. The van der Waals surface area contributed by atoms with Gasteiger partial charge in [-0.15, -0.1) is 0 Å². The summed E-state index contributed by atoms with van der Waals surface area (Å²) in [6.07, 6.45) is 0. The fourth-order valence-electron chi connectivity index (χ4n) is 1.70. The summed E-state index contributed by atoms with van der Waals surface area (Å²) in [5.74, 6) is 2.17. The Hall–Kier alpha value is -1.79. The summed E-state index contributed by atoms with van der Waals surface area (Å²) in [5, 5.41) is 0. The Labute approximate surface area is 101 Å². The van der Waals surface area contributed by atoms with Gasteiger partial charge in [-0.05, 0) is 25.1 Å². The van der Waals surface area contributed by atoms with Crippen LogP contribution in [0.15, 0.2) is 28.7 Å². The maximum absolute atomic E-state index is 13.6. The Morgan fingerprint density at radius 2 is 1.83 bits per heavy atom. The van der Waals surface area contributed by atoms with Crippen molar-refractivity contribution < 1.29 is 17.6 Å². The minimum absolute atomic E-state index is 0.120. The van der Waals surface area contributed by atoms with Gasteiger partial charge in [-0.3, -0.25) is 5.84 Å². The summed E-state index contributed by atoms with van der Waals surface area (Å²) in [7, 11) is 0. The quantitative estimate of drug-likeness (QED) is 0.504. The average molecular weight is 256 g/mol. The van der Waals surface area contributed by atoms with E-state index in [1.54, 1.807) is 19.1 Å². The summed E-state index contributed by atoms with van der Waals surface area (Å²) in [6, 6.07) is 4.33. The molecular weight excluding hydrogens is 245 g/mol. The van der Waals surface area contributed by atoms with Gasteiger partial charge < -0.3 is 4.42 Å². The molecule has 1 atom stereocenters. The van der Waals surface area contributed by atoms with Gasteiger partial charge in [0.15, 0.2) is 17.5 Å². The van der Waals surface area contributed by atoms with Crippen LogP contribution in [-0.2, 0) is 0 Å². The van der Waals surface area contributed by atoms with E-state index in [1.165, 1.54) is 0 Å². The van der Waals surface area contributed by atoms with Crippen LogP contribution in [0.4, 0.5) is 13.2 Å². The highest BCUT2D eigenvalue weighted by Crippen LogP contribution is 2.27. The summed E-state index contributed by atoms with van der Waals surface area (Å²) < 4.78 is 44.9. The molecule has 0 saturated heterocycles. The normalized spacial score (nSPS) is 12.7. The summed E-state index contributed by atoms with van der Waals surface area (Å²) in [6.45, 7) is 1.71. The van der Waals surface area contributed by atoms with Crippen LogP contribution < -0.4 is 11.3 Å². The van der Waals surface area contributed by atoms with Gasteiger partial charge in [-0.1, -0.05) is 6.07 Å². The van der Waals surface area contributed by atoms with Gasteiger partial charge >= 0.3 is 0 Å². The van der Waals surface area contributed by atoms with E-state index in [2.05, 4.69) is 5.43 Å². The van der Waals surface area contributed by atoms with Crippen LogP contribution in [-0.4, -0.2) is 0 Å². The van der Waals surface area contributed by atoms with Gasteiger partial charge in [0.1, 0.15) is 17.6 Å². The number of hydrogen-bond donors (Lipinski definition) is 2. The van der Waals surface area contributed by atoms with Crippen molar-refractivity contribution in [1.29, 1.82) is 0 Å². The van der Waals surface area contributed by atoms with Gasteiger partial charge in [-0.25, -0.2) is 18.6 Å². The summed E-state index contributed by atoms with van der Waals surface area (Å²) in [4.78, 5) is 0. The van der Waals surface area contributed by atoms with Crippen LogP contribution in [0.1, 0.15) is 23.1 Å². The Balaban J connectivity index is 2.49. The molecule has 1 aromatic carbocycles. The lowest BCUT2D eigenvalue weighted by Crippen LogP contribution is -2.29. The Morgan fingerprint density at radius 1 is 1.11 bits per heavy atom. The maximum Gasteiger partial charge on any atom is 0.194 e. The van der Waals surface area contributed by atoms with E-state index in [-0.39, 0.29) is 5.56 Å². The molecule has 18 heavy (non-hydrogen) atoms. The van der Waals surface area contributed by atoms with Crippen LogP contribution in [0.5, 0.6) is 0 Å². The Kier molecular flexibility index (Phi) is 3.40. The zero-order chi connectivity index (χ0) is 13.3. The van der Waals surface area contributed by atoms with Crippen molar-refractivity contribution in [3.05, 3.63) is 58.8 Å². The molecule has 0 fully saturated rings. The van der Waals surface area contributed by atoms with Crippen LogP contribution in [0.3, 0.4) is 0 Å². The molecule has 0 aliphatic rings. The molecule has 1 unspecified atom stereocenters. The molecule has 0 aliphatic carbocycles. The molecule has 0 saturated carbocycles. The fraction of sp³-hybridized carbons (Fsp3) is 0.167. The Morgan fingerprint density at radius 3 is 2.39 bits per heavy atom. The van der Waals surface area contributed by atoms with Gasteiger partial charge in [-0.2, -0.15) is 0 Å². The van der Waals surface area contributed by atoms with Crippen molar-refractivity contribution in [2.24, 2.45) is 5.84 Å². The predicted octanol–water partition coefficient (Wildman–Crippen LogP) is 2.56. The molecule has 3 nitrogen and oxygen atoms in total. The average Bonchev–Trinajstić information content (AvgIpc) is 2.77. The highest BCUT2D eigenvalue weighted by molar-refractivity contribution is 5.29. The molecule has 0 amide bonds. The van der Waals surface area contributed by atoms with Crippen molar-refractivity contribution in [3.63, 3.8) is 0 Å². The van der Waals surface area contributed by atoms with Crippen LogP contribution >= 0.6 is 0 Å². The minimum atomic E-state index is -1.53. The second-order valence-electron chi connectivity index (χ2n) is 3.81. The number of rotatable bonds is 3. The highest BCUT2D eigenvalue weighted by Gasteiger charge is 2.23. The fourth-order valence-corrected chi connectivity index (χ4v) is 1.70. The molecule has 96 valence electrons. The topological polar surface area (TPSA) is 51.2 Å². The van der Waals surface area contributed by atoms with Crippen LogP contribution in [0, 0.1) is 24.4 Å². The first kappa shape index (κ1) is 12.7. The molecule has 2 aromatic rings. The first-order chi connectivity index (χ1) is 8.54. The SMILES string of the molecule is Cc1ccc(C(NN)c2ccc(F)c(F)c2F)o1. The van der Waals surface area contributed by atoms with Crippen molar-refractivity contribution in [2.45, 2.75) is 13.0 Å². The minimum Gasteiger partial charge on any atom is -0.464 e. The zero-order valence-corrected chi connectivity index (χ0v) is 9.51. The second-order valence-corrected chi connectivity index (χ2v) is 3.81. The monoisotopic (exact) mass is 256 g/mol. The van der Waals surface area contributed by atoms with E-state index in [4.69, 9.17) is 10.3 Å². The molecule has 0 bridgehead atoms. The summed E-state index contributed by atoms with van der Waals surface area (Å²) >= 11 is 0. The van der Waals surface area contributed by atoms with E-state index in [0.29, 0.717) is 11.5 Å². The number of nitrogens with one attached hydrogen (secondary N) is 1. The standard InChI is InChI=1S/C12H11F3N2O/c1-6-2-5-9(18-6)12(17-16)7-3-4-8(13)11(15)10(7)14/h2-5,12,17H,16H2,1H3. The predicted molar refractivity (Wildman–Crippen MR) is 58.9 cm³/mol. The van der Waals surface area contributed by atoms with Crippen molar-refractivity contribution in [2.75, 3.05) is 0 Å². The van der Waals surface area contributed by atoms with Crippen LogP contribution in [0.25, 0.3) is 0 Å². The van der Waals surface area contributed by atoms with Gasteiger partial charge in [0, 0.05) is 5.56 Å². The molecule has 2 rings (SSSR count). The number of furan rings is 1. The molecule has 0 aliphatic heterocycles. The van der Waals surface area contributed by atoms with Crippen molar-refractivity contribution >= 4 is 0 Å². The van der Waals surface area contributed by atoms with E-state index in [1.807, 2.05) is 0 Å². The lowest BCUT2D eigenvalue weighted by molar-refractivity contribution is 0.405. The third-order valence-electron chi connectivity index (χ3n) is 2.59. The highest BCUT2D eigenvalue weighted by atomic mass is 19.2. The maximum atomic E-state index is 13.6. The van der Waals surface area contributed by atoms with Crippen molar-refractivity contribution in [3.8, 4) is 0 Å². The van der Waals surface area contributed by atoms with Gasteiger partial charge in [0.25, 0.3) is 0 Å². The lowest BCUT2D eigenvalue weighted by atomic mass is 10.0. The second kappa shape index (κ2) is 4.83. The van der Waals surface area contributed by atoms with E-state index < -0.39 is 23.5 Å². The third kappa shape index (κ3) is 2.12. The first-order valence-electron chi connectivity index (χ1n) is 5.20. The molecule has 1 heterocycles. The molecule has 1 aromatic heterocycles. The van der Waals surface area contributed by atoms with E-state index in [9.17, 15) is 13.2 Å². The summed E-state index contributed by atoms with van der Waals surface area (Å²) in [5.41, 5.74) is 2.19. The third-order valence-corrected chi connectivity index (χ3v) is 2.59. The molecule has 6 heteroatoms. The number of aryl methyl sites for hydroxylation is 1. The largest absolute Gasteiger partial charge is 0.464 e. The van der Waals surface area contributed by atoms with E-state index in [0.717, 1.165) is 12.1 Å². The molecule has 3 N–H and O–H groups in total. The van der Waals surface area contributed by atoms with E-state index >= 15 is 0 Å². The molecule has 0 radical (unpaired) electrons. The van der Waals surface area contributed by atoms with Gasteiger partial charge in [0.2, 0.25) is 0 Å². The molecular formula is C12H11F3N2O. The number of nitrogens with two attached hydrogens (primary N) is 1. The number of hydrazine groups is 1. The first-order valence-corrected chi connectivity index (χ1v) is 5.20. The van der Waals surface area contributed by atoms with Crippen LogP contribution in [0.2, 0.25) is 0 Å². The van der Waals surface area contributed by atoms with Crippen molar-refractivity contribution in [1.82, 2.24) is 5.43 Å². The zero-order valence-electron chi connectivity index (χ0n) is 9.51. The lowest BCUT2D eigenvalue weighted by Gasteiger charge is -2.15. The molecule has 0 spiro atoms. The smallest absolute Gasteiger partial charge is 0.194 e. The van der Waals surface area contributed by atoms with Gasteiger partial charge in [0.05, 0.1) is 0 Å². The Bertz CT molecular complexity index is 568. The number of benzene rings is 1. The number of hydrogen-bond acceptors (Lipinski definition) is 3.